The molecule has 5 nitrogen and oxygen atoms in total. The zero-order valence-electron chi connectivity index (χ0n) is 16.5. The molecule has 1 amide bonds. The summed E-state index contributed by atoms with van der Waals surface area (Å²) in [5.41, 5.74) is -0.371. The van der Waals surface area contributed by atoms with E-state index in [1.54, 1.807) is 11.0 Å². The number of nitrogens with zero attached hydrogens (tertiary/aromatic N) is 1. The van der Waals surface area contributed by atoms with Gasteiger partial charge in [0.1, 0.15) is 0 Å². The van der Waals surface area contributed by atoms with Crippen molar-refractivity contribution in [3.8, 4) is 0 Å². The minimum atomic E-state index is -4.43. The molecular formula is C22H26F3NO4. The van der Waals surface area contributed by atoms with E-state index in [0.29, 0.717) is 37.8 Å². The van der Waals surface area contributed by atoms with Gasteiger partial charge in [-0.1, -0.05) is 42.5 Å². The number of hydrogen-bond acceptors (Lipinski definition) is 3. The van der Waals surface area contributed by atoms with Crippen LogP contribution in [-0.2, 0) is 22.2 Å². The van der Waals surface area contributed by atoms with Gasteiger partial charge < -0.3 is 15.1 Å². The van der Waals surface area contributed by atoms with E-state index < -0.39 is 23.8 Å². The summed E-state index contributed by atoms with van der Waals surface area (Å²) in [6, 6.07) is 4.68. The highest BCUT2D eigenvalue weighted by atomic mass is 19.4. The maximum absolute atomic E-state index is 12.8. The molecule has 1 aliphatic rings. The molecule has 1 aromatic rings. The summed E-state index contributed by atoms with van der Waals surface area (Å²) >= 11 is 0. The maximum atomic E-state index is 12.8. The first-order valence-electron chi connectivity index (χ1n) is 9.85. The molecule has 2 atom stereocenters. The molecule has 0 spiro atoms. The van der Waals surface area contributed by atoms with Gasteiger partial charge in [0.05, 0.1) is 17.7 Å². The van der Waals surface area contributed by atoms with Crippen molar-refractivity contribution in [1.29, 1.82) is 0 Å². The quantitative estimate of drug-likeness (QED) is 0.439. The van der Waals surface area contributed by atoms with Crippen molar-refractivity contribution >= 4 is 11.9 Å². The molecule has 164 valence electrons. The molecule has 2 N–H and O–H groups in total. The fourth-order valence-corrected chi connectivity index (χ4v) is 3.31. The van der Waals surface area contributed by atoms with E-state index in [4.69, 9.17) is 5.11 Å². The van der Waals surface area contributed by atoms with E-state index in [0.717, 1.165) is 12.1 Å². The van der Waals surface area contributed by atoms with Crippen LogP contribution in [-0.4, -0.2) is 45.7 Å². The Bertz CT molecular complexity index is 789. The third kappa shape index (κ3) is 7.67. The Hall–Kier alpha value is -2.61. The zero-order chi connectivity index (χ0) is 22.1. The molecule has 0 bridgehead atoms. The second kappa shape index (κ2) is 11.0. The first-order valence-corrected chi connectivity index (χ1v) is 9.85. The van der Waals surface area contributed by atoms with Crippen LogP contribution in [0.5, 0.6) is 0 Å². The van der Waals surface area contributed by atoms with E-state index >= 15 is 0 Å². The van der Waals surface area contributed by atoms with Crippen LogP contribution in [0.2, 0.25) is 0 Å². The number of carboxylic acids is 1. The van der Waals surface area contributed by atoms with Gasteiger partial charge in [0, 0.05) is 25.8 Å². The fraction of sp³-hybridized carbons (Fsp3) is 0.455. The number of aliphatic carboxylic acids is 1. The van der Waals surface area contributed by atoms with Crippen molar-refractivity contribution in [3.05, 3.63) is 59.7 Å². The van der Waals surface area contributed by atoms with Crippen LogP contribution in [0.4, 0.5) is 13.2 Å². The number of likely N-dealkylation sites (tertiary alicyclic amines) is 1. The predicted molar refractivity (Wildman–Crippen MR) is 106 cm³/mol. The number of amides is 1. The molecule has 1 fully saturated rings. The Labute approximate surface area is 173 Å². The zero-order valence-corrected chi connectivity index (χ0v) is 16.5. The minimum absolute atomic E-state index is 0.00722. The summed E-state index contributed by atoms with van der Waals surface area (Å²) in [6.45, 7) is 0.393. The molecular weight excluding hydrogens is 399 g/mol. The summed E-state index contributed by atoms with van der Waals surface area (Å²) in [7, 11) is 0. The molecule has 8 heteroatoms. The normalized spacial score (nSPS) is 18.6. The number of aliphatic hydroxyl groups excluding tert-OH is 1. The van der Waals surface area contributed by atoms with Gasteiger partial charge in [0.25, 0.3) is 0 Å². The number of carbonyl (C=O) groups excluding carboxylic acids is 1. The second-order valence-corrected chi connectivity index (χ2v) is 7.26. The molecule has 0 aliphatic carbocycles. The third-order valence-corrected chi connectivity index (χ3v) is 4.86. The monoisotopic (exact) mass is 425 g/mol. The van der Waals surface area contributed by atoms with Gasteiger partial charge in [-0.15, -0.1) is 0 Å². The highest BCUT2D eigenvalue weighted by molar-refractivity contribution is 5.79. The number of hydrogen-bond donors (Lipinski definition) is 2. The minimum Gasteiger partial charge on any atom is -0.481 e. The van der Waals surface area contributed by atoms with Crippen molar-refractivity contribution in [2.24, 2.45) is 0 Å². The first kappa shape index (κ1) is 23.7. The van der Waals surface area contributed by atoms with Gasteiger partial charge in [0.15, 0.2) is 0 Å². The van der Waals surface area contributed by atoms with Crippen LogP contribution in [0.25, 0.3) is 0 Å². The number of rotatable bonds is 10. The SMILES string of the molecule is O=C(O)CCCC=CCN1C(=O)CC[C@@H]1C=C[C@@H](O)Cc1cccc(C(F)(F)F)c1. The Morgan fingerprint density at radius 3 is 2.77 bits per heavy atom. The lowest BCUT2D eigenvalue weighted by atomic mass is 10.0. The molecule has 0 radical (unpaired) electrons. The lowest BCUT2D eigenvalue weighted by Crippen LogP contribution is -2.32. The molecule has 30 heavy (non-hydrogen) atoms. The van der Waals surface area contributed by atoms with Crippen molar-refractivity contribution in [2.75, 3.05) is 6.54 Å². The summed E-state index contributed by atoms with van der Waals surface area (Å²) < 4.78 is 38.4. The van der Waals surface area contributed by atoms with Crippen molar-refractivity contribution in [3.63, 3.8) is 0 Å². The van der Waals surface area contributed by atoms with Gasteiger partial charge in [-0.3, -0.25) is 9.59 Å². The van der Waals surface area contributed by atoms with E-state index in [1.165, 1.54) is 18.2 Å². The molecule has 0 aromatic heterocycles. The topological polar surface area (TPSA) is 77.8 Å². The van der Waals surface area contributed by atoms with Gasteiger partial charge in [-0.05, 0) is 30.9 Å². The predicted octanol–water partition coefficient (Wildman–Crippen LogP) is 3.97. The number of unbranched alkanes of at least 4 members (excludes halogenated alkanes) is 1. The number of alkyl halides is 3. The molecule has 1 aliphatic heterocycles. The number of carboxylic acid groups (broad SMARTS) is 1. The van der Waals surface area contributed by atoms with Crippen LogP contribution in [0.3, 0.4) is 0 Å². The smallest absolute Gasteiger partial charge is 0.416 e. The molecule has 1 heterocycles. The maximum Gasteiger partial charge on any atom is 0.416 e. The summed E-state index contributed by atoms with van der Waals surface area (Å²) in [5, 5.41) is 18.8. The number of benzene rings is 1. The summed E-state index contributed by atoms with van der Waals surface area (Å²) in [4.78, 5) is 24.2. The van der Waals surface area contributed by atoms with E-state index in [-0.39, 0.29) is 24.8 Å². The Morgan fingerprint density at radius 1 is 1.30 bits per heavy atom. The van der Waals surface area contributed by atoms with E-state index in [2.05, 4.69) is 0 Å². The standard InChI is InChI=1S/C22H26F3NO4/c23-22(24,25)17-7-5-6-16(14-17)15-19(27)11-9-18-10-12-20(28)26(18)13-4-2-1-3-8-21(29)30/h2,4-7,9,11,14,18-19,27H,1,3,8,10,12-13,15H2,(H,29,30)/t18-,19+/m0/s1. The van der Waals surface area contributed by atoms with Crippen LogP contribution in [0.1, 0.15) is 43.2 Å². The van der Waals surface area contributed by atoms with E-state index in [1.807, 2.05) is 12.2 Å². The van der Waals surface area contributed by atoms with Crippen molar-refractivity contribution < 1.29 is 33.0 Å². The summed E-state index contributed by atoms with van der Waals surface area (Å²) in [6.07, 6.45) is 3.82. The average molecular weight is 425 g/mol. The third-order valence-electron chi connectivity index (χ3n) is 4.86. The molecule has 2 rings (SSSR count). The Balaban J connectivity index is 1.88. The molecule has 0 unspecified atom stereocenters. The molecule has 1 saturated heterocycles. The largest absolute Gasteiger partial charge is 0.481 e. The van der Waals surface area contributed by atoms with E-state index in [9.17, 15) is 27.9 Å². The van der Waals surface area contributed by atoms with Crippen LogP contribution in [0.15, 0.2) is 48.6 Å². The van der Waals surface area contributed by atoms with Gasteiger partial charge in [-0.25, -0.2) is 0 Å². The van der Waals surface area contributed by atoms with Gasteiger partial charge in [-0.2, -0.15) is 13.2 Å². The van der Waals surface area contributed by atoms with Crippen molar-refractivity contribution in [1.82, 2.24) is 4.90 Å². The van der Waals surface area contributed by atoms with Crippen molar-refractivity contribution in [2.45, 2.75) is 56.8 Å². The van der Waals surface area contributed by atoms with Crippen LogP contribution < -0.4 is 0 Å². The molecule has 1 aromatic carbocycles. The number of aliphatic hydroxyl groups is 1. The fourth-order valence-electron chi connectivity index (χ4n) is 3.31. The van der Waals surface area contributed by atoms with Gasteiger partial charge in [0.2, 0.25) is 5.91 Å². The first-order chi connectivity index (χ1) is 14.2. The lowest BCUT2D eigenvalue weighted by molar-refractivity contribution is -0.138. The van der Waals surface area contributed by atoms with Crippen LogP contribution in [0, 0.1) is 0 Å². The lowest BCUT2D eigenvalue weighted by Gasteiger charge is -2.21. The van der Waals surface area contributed by atoms with Gasteiger partial charge >= 0.3 is 12.1 Å². The second-order valence-electron chi connectivity index (χ2n) is 7.26. The highest BCUT2D eigenvalue weighted by Crippen LogP contribution is 2.29. The highest BCUT2D eigenvalue weighted by Gasteiger charge is 2.30. The Kier molecular flexibility index (Phi) is 8.65. The summed E-state index contributed by atoms with van der Waals surface area (Å²) in [5.74, 6) is -0.848. The average Bonchev–Trinajstić information content (AvgIpc) is 3.02. The Morgan fingerprint density at radius 2 is 2.07 bits per heavy atom. The number of allylic oxidation sites excluding steroid dienone is 1. The molecule has 0 saturated carbocycles. The number of carbonyl (C=O) groups is 2. The van der Waals surface area contributed by atoms with Crippen LogP contribution >= 0.6 is 0 Å². The number of halogens is 3.